The van der Waals surface area contributed by atoms with Crippen molar-refractivity contribution in [3.05, 3.63) is 71.8 Å². The molecule has 0 amide bonds. The normalized spacial score (nSPS) is 10.7. The Hall–Kier alpha value is -2.35. The molecule has 20 heavy (non-hydrogen) atoms. The van der Waals surface area contributed by atoms with Crippen LogP contribution in [0.2, 0.25) is 0 Å². The molecule has 2 rings (SSSR count). The van der Waals surface area contributed by atoms with Crippen molar-refractivity contribution in [1.29, 1.82) is 0 Å². The molecule has 0 atom stereocenters. The molecule has 2 heteroatoms. The van der Waals surface area contributed by atoms with Crippen molar-refractivity contribution in [1.82, 2.24) is 0 Å². The van der Waals surface area contributed by atoms with Gasteiger partial charge in [0.15, 0.2) is 0 Å². The number of benzene rings is 2. The third kappa shape index (κ3) is 3.82. The average Bonchev–Trinajstić information content (AvgIpc) is 2.47. The van der Waals surface area contributed by atoms with Gasteiger partial charge in [0.1, 0.15) is 12.4 Å². The molecule has 0 fully saturated rings. The van der Waals surface area contributed by atoms with Crippen LogP contribution in [-0.2, 0) is 0 Å². The van der Waals surface area contributed by atoms with E-state index in [4.69, 9.17) is 4.74 Å². The fourth-order valence-corrected chi connectivity index (χ4v) is 1.79. The molecule has 0 unspecified atom stereocenters. The first-order valence-electron chi connectivity index (χ1n) is 6.64. The van der Waals surface area contributed by atoms with Crippen molar-refractivity contribution in [2.75, 3.05) is 6.61 Å². The maximum atomic E-state index is 5.50. The Balaban J connectivity index is 2.14. The van der Waals surface area contributed by atoms with Gasteiger partial charge in [0, 0.05) is 6.21 Å². The van der Waals surface area contributed by atoms with Crippen molar-refractivity contribution in [3.8, 4) is 5.75 Å². The van der Waals surface area contributed by atoms with E-state index in [9.17, 15) is 0 Å². The molecule has 0 heterocycles. The Kier molecular flexibility index (Phi) is 4.72. The summed E-state index contributed by atoms with van der Waals surface area (Å²) >= 11 is 0. The van der Waals surface area contributed by atoms with Gasteiger partial charge in [-0.05, 0) is 54.8 Å². The van der Waals surface area contributed by atoms with E-state index in [-0.39, 0.29) is 0 Å². The highest BCUT2D eigenvalue weighted by Gasteiger charge is 1.96. The SMILES string of the molecule is C=CCOc1cccc(C=Nc2ccc(C)c(C)c2)c1. The molecule has 0 saturated heterocycles. The summed E-state index contributed by atoms with van der Waals surface area (Å²) in [6.45, 7) is 8.35. The lowest BCUT2D eigenvalue weighted by Gasteiger charge is -2.03. The van der Waals surface area contributed by atoms with E-state index in [0.717, 1.165) is 17.0 Å². The Morgan fingerprint density at radius 1 is 1.10 bits per heavy atom. The van der Waals surface area contributed by atoms with Crippen LogP contribution in [0.25, 0.3) is 0 Å². The summed E-state index contributed by atoms with van der Waals surface area (Å²) in [6.07, 6.45) is 3.58. The molecule has 0 spiro atoms. The van der Waals surface area contributed by atoms with Gasteiger partial charge in [0.05, 0.1) is 5.69 Å². The van der Waals surface area contributed by atoms with E-state index < -0.39 is 0 Å². The Labute approximate surface area is 120 Å². The molecule has 102 valence electrons. The Bertz CT molecular complexity index is 629. The molecule has 0 aliphatic heterocycles. The second kappa shape index (κ2) is 6.71. The van der Waals surface area contributed by atoms with E-state index in [1.54, 1.807) is 6.08 Å². The van der Waals surface area contributed by atoms with Gasteiger partial charge in [0.25, 0.3) is 0 Å². The smallest absolute Gasteiger partial charge is 0.120 e. The molecule has 0 aliphatic carbocycles. The molecule has 2 aromatic carbocycles. The topological polar surface area (TPSA) is 21.6 Å². The van der Waals surface area contributed by atoms with Gasteiger partial charge in [0.2, 0.25) is 0 Å². The second-order valence-corrected chi connectivity index (χ2v) is 4.70. The minimum absolute atomic E-state index is 0.512. The van der Waals surface area contributed by atoms with Crippen molar-refractivity contribution >= 4 is 11.9 Å². The van der Waals surface area contributed by atoms with E-state index in [2.05, 4.69) is 37.6 Å². The van der Waals surface area contributed by atoms with Crippen LogP contribution < -0.4 is 4.74 Å². The average molecular weight is 265 g/mol. The van der Waals surface area contributed by atoms with Crippen LogP contribution in [0.5, 0.6) is 5.75 Å². The number of hydrogen-bond acceptors (Lipinski definition) is 2. The number of aryl methyl sites for hydroxylation is 2. The van der Waals surface area contributed by atoms with E-state index >= 15 is 0 Å². The summed E-state index contributed by atoms with van der Waals surface area (Å²) in [4.78, 5) is 4.50. The third-order valence-corrected chi connectivity index (χ3v) is 3.08. The summed E-state index contributed by atoms with van der Waals surface area (Å²) in [6, 6.07) is 14.1. The van der Waals surface area contributed by atoms with Crippen LogP contribution in [0, 0.1) is 13.8 Å². The number of nitrogens with zero attached hydrogens (tertiary/aromatic N) is 1. The van der Waals surface area contributed by atoms with Gasteiger partial charge in [-0.1, -0.05) is 30.9 Å². The van der Waals surface area contributed by atoms with E-state index in [1.807, 2.05) is 36.5 Å². The lowest BCUT2D eigenvalue weighted by molar-refractivity contribution is 0.363. The molecule has 0 aliphatic rings. The molecule has 0 bridgehead atoms. The van der Waals surface area contributed by atoms with Gasteiger partial charge in [-0.15, -0.1) is 0 Å². The van der Waals surface area contributed by atoms with Crippen LogP contribution >= 0.6 is 0 Å². The lowest BCUT2D eigenvalue weighted by Crippen LogP contribution is -1.93. The highest BCUT2D eigenvalue weighted by Crippen LogP contribution is 2.18. The van der Waals surface area contributed by atoms with Crippen molar-refractivity contribution in [2.24, 2.45) is 4.99 Å². The summed E-state index contributed by atoms with van der Waals surface area (Å²) in [5.74, 6) is 0.828. The molecule has 0 radical (unpaired) electrons. The first-order valence-corrected chi connectivity index (χ1v) is 6.64. The second-order valence-electron chi connectivity index (χ2n) is 4.70. The van der Waals surface area contributed by atoms with Gasteiger partial charge in [-0.25, -0.2) is 0 Å². The molecule has 0 aromatic heterocycles. The Morgan fingerprint density at radius 3 is 2.70 bits per heavy atom. The maximum Gasteiger partial charge on any atom is 0.120 e. The number of rotatable bonds is 5. The van der Waals surface area contributed by atoms with Gasteiger partial charge in [-0.2, -0.15) is 0 Å². The first kappa shape index (κ1) is 14.1. The van der Waals surface area contributed by atoms with Crippen molar-refractivity contribution in [2.45, 2.75) is 13.8 Å². The van der Waals surface area contributed by atoms with E-state index in [0.29, 0.717) is 6.61 Å². The van der Waals surface area contributed by atoms with Gasteiger partial charge in [-0.3, -0.25) is 4.99 Å². The molecule has 0 N–H and O–H groups in total. The van der Waals surface area contributed by atoms with Gasteiger partial charge < -0.3 is 4.74 Å². The molecular formula is C18H19NO. The number of aliphatic imine (C=N–C) groups is 1. The zero-order valence-electron chi connectivity index (χ0n) is 12.0. The minimum Gasteiger partial charge on any atom is -0.490 e. The lowest BCUT2D eigenvalue weighted by atomic mass is 10.1. The highest BCUT2D eigenvalue weighted by atomic mass is 16.5. The number of hydrogen-bond donors (Lipinski definition) is 0. The van der Waals surface area contributed by atoms with Crippen LogP contribution in [0.15, 0.2) is 60.1 Å². The largest absolute Gasteiger partial charge is 0.490 e. The summed E-state index contributed by atoms with van der Waals surface area (Å²) in [5.41, 5.74) is 4.52. The Morgan fingerprint density at radius 2 is 1.95 bits per heavy atom. The fraction of sp³-hybridized carbons (Fsp3) is 0.167. The maximum absolute atomic E-state index is 5.50. The predicted molar refractivity (Wildman–Crippen MR) is 85.3 cm³/mol. The van der Waals surface area contributed by atoms with Crippen molar-refractivity contribution in [3.63, 3.8) is 0 Å². The fourth-order valence-electron chi connectivity index (χ4n) is 1.79. The molecular weight excluding hydrogens is 246 g/mol. The van der Waals surface area contributed by atoms with Crippen LogP contribution in [0.3, 0.4) is 0 Å². The predicted octanol–water partition coefficient (Wildman–Crippen LogP) is 4.62. The summed E-state index contributed by atoms with van der Waals surface area (Å²) in [7, 11) is 0. The van der Waals surface area contributed by atoms with Crippen molar-refractivity contribution < 1.29 is 4.74 Å². The monoisotopic (exact) mass is 265 g/mol. The van der Waals surface area contributed by atoms with Gasteiger partial charge >= 0.3 is 0 Å². The minimum atomic E-state index is 0.512. The third-order valence-electron chi connectivity index (χ3n) is 3.08. The van der Waals surface area contributed by atoms with Crippen LogP contribution in [0.4, 0.5) is 5.69 Å². The zero-order chi connectivity index (χ0) is 14.4. The van der Waals surface area contributed by atoms with Crippen LogP contribution in [-0.4, -0.2) is 12.8 Å². The van der Waals surface area contributed by atoms with Crippen LogP contribution in [0.1, 0.15) is 16.7 Å². The molecule has 0 saturated carbocycles. The quantitative estimate of drug-likeness (QED) is 0.571. The highest BCUT2D eigenvalue weighted by molar-refractivity contribution is 5.82. The first-order chi connectivity index (χ1) is 9.69. The van der Waals surface area contributed by atoms with E-state index in [1.165, 1.54) is 11.1 Å². The number of ether oxygens (including phenoxy) is 1. The summed E-state index contributed by atoms with van der Waals surface area (Å²) < 4.78 is 5.50. The standard InChI is InChI=1S/C18H19NO/c1-4-10-20-18-7-5-6-16(12-18)13-19-17-9-8-14(2)15(3)11-17/h4-9,11-13H,1,10H2,2-3H3. The molecule has 2 nitrogen and oxygen atoms in total. The molecule has 2 aromatic rings. The summed E-state index contributed by atoms with van der Waals surface area (Å²) in [5, 5.41) is 0. The zero-order valence-corrected chi connectivity index (χ0v) is 12.0.